The molecule has 0 radical (unpaired) electrons. The van der Waals surface area contributed by atoms with Gasteiger partial charge in [0.05, 0.1) is 0 Å². The van der Waals surface area contributed by atoms with E-state index in [1.165, 1.54) is 0 Å². The fourth-order valence-corrected chi connectivity index (χ4v) is 21.1. The van der Waals surface area contributed by atoms with Crippen molar-refractivity contribution in [3.05, 3.63) is 115 Å². The maximum atomic E-state index is 2.71. The molecule has 8 aliphatic carbocycles. The molecule has 0 N–H and O–H groups in total. The van der Waals surface area contributed by atoms with Crippen LogP contribution in [-0.2, 0) is 17.1 Å². The Balaban J connectivity index is 0.000000497. The Bertz CT molecular complexity index is 1410. The van der Waals surface area contributed by atoms with Gasteiger partial charge in [-0.15, -0.1) is 10.9 Å². The zero-order valence-corrected chi connectivity index (χ0v) is 31.1. The van der Waals surface area contributed by atoms with E-state index < -0.39 is 7.92 Å². The van der Waals surface area contributed by atoms with Gasteiger partial charge in [0.1, 0.15) is 0 Å². The molecule has 0 unspecified atom stereocenters. The monoisotopic (exact) mass is 698 g/mol. The third-order valence-corrected chi connectivity index (χ3v) is 20.1. The van der Waals surface area contributed by atoms with Gasteiger partial charge in [0.15, 0.2) is 0 Å². The van der Waals surface area contributed by atoms with Crippen molar-refractivity contribution in [2.24, 2.45) is 35.5 Å². The second kappa shape index (κ2) is 13.3. The van der Waals surface area contributed by atoms with E-state index in [4.69, 9.17) is 0 Å². The quantitative estimate of drug-likeness (QED) is 0.102. The maximum absolute atomic E-state index is 2.71. The SMILES string of the molecule is C[C@H]([c-]1cccc1P(C12CC3CC(CC(C3)C1)C2)C12CC3CC(CC(C3)C1)C2)P(c1ccccc1)c1ccccc1.[Fe+2].c1cc[cH-]c1. The van der Waals surface area contributed by atoms with Crippen molar-refractivity contribution >= 4 is 31.8 Å². The third-order valence-electron chi connectivity index (χ3n) is 13.5. The minimum Gasteiger partial charge on any atom is -0.214 e. The molecule has 0 spiro atoms. The van der Waals surface area contributed by atoms with E-state index in [0.717, 1.165) is 35.5 Å². The molecule has 1 atom stereocenters. The topological polar surface area (TPSA) is 0 Å². The average Bonchev–Trinajstić information content (AvgIpc) is 3.77. The molecule has 4 aromatic rings. The van der Waals surface area contributed by atoms with E-state index >= 15 is 0 Å². The minimum atomic E-state index is -0.460. The molecule has 0 amide bonds. The van der Waals surface area contributed by atoms with E-state index in [2.05, 4.69) is 85.8 Å². The predicted molar refractivity (Wildman–Crippen MR) is 200 cm³/mol. The van der Waals surface area contributed by atoms with Crippen molar-refractivity contribution < 1.29 is 17.1 Å². The van der Waals surface area contributed by atoms with Gasteiger partial charge in [0.2, 0.25) is 0 Å². The largest absolute Gasteiger partial charge is 2.00 e. The summed E-state index contributed by atoms with van der Waals surface area (Å²) in [5, 5.41) is 6.27. The van der Waals surface area contributed by atoms with Crippen LogP contribution >= 0.6 is 15.8 Å². The van der Waals surface area contributed by atoms with Crippen LogP contribution in [0.5, 0.6) is 0 Å². The molecule has 0 aromatic heterocycles. The molecule has 8 fully saturated rings. The molecule has 8 bridgehead atoms. The molecule has 246 valence electrons. The Kier molecular flexibility index (Phi) is 9.28. The van der Waals surface area contributed by atoms with Gasteiger partial charge in [0, 0.05) is 0 Å². The summed E-state index contributed by atoms with van der Waals surface area (Å²) in [6.45, 7) is 2.61. The van der Waals surface area contributed by atoms with Crippen LogP contribution in [0.1, 0.15) is 95.2 Å². The molecule has 47 heavy (non-hydrogen) atoms. The van der Waals surface area contributed by atoms with Crippen LogP contribution < -0.4 is 15.9 Å². The molecule has 8 aliphatic rings. The average molecular weight is 699 g/mol. The summed E-state index contributed by atoms with van der Waals surface area (Å²) in [6.07, 6.45) is 18.9. The van der Waals surface area contributed by atoms with E-state index in [9.17, 15) is 0 Å². The third kappa shape index (κ3) is 6.03. The number of rotatable bonds is 7. The summed E-state index contributed by atoms with van der Waals surface area (Å²) < 4.78 is 0. The summed E-state index contributed by atoms with van der Waals surface area (Å²) in [6, 6.07) is 40.9. The smallest absolute Gasteiger partial charge is 0.214 e. The molecule has 0 aliphatic heterocycles. The van der Waals surface area contributed by atoms with Crippen molar-refractivity contribution in [3.8, 4) is 0 Å². The summed E-state index contributed by atoms with van der Waals surface area (Å²) in [7, 11) is -0.632. The van der Waals surface area contributed by atoms with Crippen LogP contribution in [0.15, 0.2) is 109 Å². The Morgan fingerprint density at radius 3 is 1.34 bits per heavy atom. The molecule has 3 heteroatoms. The Morgan fingerprint density at radius 2 is 0.979 bits per heavy atom. The zero-order chi connectivity index (χ0) is 30.7. The molecule has 8 saturated carbocycles. The normalized spacial score (nSPS) is 35.6. The van der Waals surface area contributed by atoms with Gasteiger partial charge < -0.3 is 0 Å². The van der Waals surface area contributed by atoms with Crippen LogP contribution in [-0.4, -0.2) is 10.3 Å². The molecule has 0 heterocycles. The van der Waals surface area contributed by atoms with E-state index in [1.807, 2.05) is 35.6 Å². The van der Waals surface area contributed by atoms with Crippen molar-refractivity contribution in [1.82, 2.24) is 0 Å². The Morgan fingerprint density at radius 1 is 0.574 bits per heavy atom. The van der Waals surface area contributed by atoms with Crippen LogP contribution in [0.2, 0.25) is 0 Å². The number of hydrogen-bond acceptors (Lipinski definition) is 0. The fraction of sp³-hybridized carbons (Fsp3) is 0.500. The van der Waals surface area contributed by atoms with E-state index in [1.54, 1.807) is 93.2 Å². The first-order chi connectivity index (χ1) is 22.6. The van der Waals surface area contributed by atoms with Gasteiger partial charge in [-0.1, -0.05) is 75.5 Å². The Labute approximate surface area is 297 Å². The zero-order valence-electron chi connectivity index (χ0n) is 28.2. The van der Waals surface area contributed by atoms with Gasteiger partial charge in [-0.3, -0.25) is 0 Å². The maximum Gasteiger partial charge on any atom is 2.00 e. The van der Waals surface area contributed by atoms with Gasteiger partial charge >= 0.3 is 17.1 Å². The second-order valence-electron chi connectivity index (χ2n) is 16.7. The molecule has 12 rings (SSSR count). The van der Waals surface area contributed by atoms with Gasteiger partial charge in [-0.2, -0.15) is 24.3 Å². The van der Waals surface area contributed by atoms with Gasteiger partial charge in [-0.05, 0) is 147 Å². The first kappa shape index (κ1) is 32.7. The summed E-state index contributed by atoms with van der Waals surface area (Å²) >= 11 is 0. The molecule has 0 saturated heterocycles. The van der Waals surface area contributed by atoms with Crippen molar-refractivity contribution in [3.63, 3.8) is 0 Å². The van der Waals surface area contributed by atoms with E-state index in [0.29, 0.717) is 16.0 Å². The van der Waals surface area contributed by atoms with Crippen LogP contribution in [0.3, 0.4) is 0 Å². The van der Waals surface area contributed by atoms with Crippen molar-refractivity contribution in [2.45, 2.75) is 99.9 Å². The number of hydrogen-bond donors (Lipinski definition) is 0. The predicted octanol–water partition coefficient (Wildman–Crippen LogP) is 11.0. The van der Waals surface area contributed by atoms with Crippen LogP contribution in [0.4, 0.5) is 0 Å². The fourth-order valence-electron chi connectivity index (χ4n) is 12.9. The van der Waals surface area contributed by atoms with Crippen LogP contribution in [0.25, 0.3) is 0 Å². The molecular weight excluding hydrogens is 646 g/mol. The second-order valence-corrected chi connectivity index (χ2v) is 22.3. The van der Waals surface area contributed by atoms with Gasteiger partial charge in [0.25, 0.3) is 0 Å². The van der Waals surface area contributed by atoms with Crippen molar-refractivity contribution in [2.75, 3.05) is 0 Å². The summed E-state index contributed by atoms with van der Waals surface area (Å²) in [5.74, 6) is 6.26. The summed E-state index contributed by atoms with van der Waals surface area (Å²) in [4.78, 5) is 0. The molecule has 0 nitrogen and oxygen atoms in total. The first-order valence-corrected chi connectivity index (χ1v) is 21.4. The first-order valence-electron chi connectivity index (χ1n) is 18.7. The standard InChI is InChI=1S/C39H47P2.C5H5.Fe/c1-27(40(34-9-4-2-5-10-34)35-11-6-3-7-12-35)36-13-8-14-37(36)41(38-21-28-15-29(22-38)17-30(16-28)23-38)39-24-31-18-32(25-39)20-33(19-31)26-39;1-2-4-5-3-1;/h2-14,27-33H,15-26H2,1H3;1-5H;/q2*-1;+2/t27-,28?,29?,30?,31?,32?,33?,38?,39?,41?;;/m1../s1. The Hall–Kier alpha value is -1.48. The van der Waals surface area contributed by atoms with E-state index in [-0.39, 0.29) is 25.0 Å². The van der Waals surface area contributed by atoms with Crippen molar-refractivity contribution in [1.29, 1.82) is 0 Å². The summed E-state index contributed by atoms with van der Waals surface area (Å²) in [5.41, 5.74) is 2.30. The van der Waals surface area contributed by atoms with Gasteiger partial charge in [-0.25, -0.2) is 24.3 Å². The molecular formula is C44H52FeP2. The molecule has 4 aromatic carbocycles. The minimum absolute atomic E-state index is 0. The van der Waals surface area contributed by atoms with Crippen LogP contribution in [0, 0.1) is 35.5 Å². The number of benzene rings is 2.